The summed E-state index contributed by atoms with van der Waals surface area (Å²) in [7, 11) is 1.56. The second-order valence-corrected chi connectivity index (χ2v) is 4.89. The summed E-state index contributed by atoms with van der Waals surface area (Å²) in [5, 5.41) is 9.39. The van der Waals surface area contributed by atoms with Gasteiger partial charge in [0.2, 0.25) is 0 Å². The Bertz CT molecular complexity index is 625. The second kappa shape index (κ2) is 6.88. The first kappa shape index (κ1) is 15.0. The molecule has 1 atom stereocenters. The lowest BCUT2D eigenvalue weighted by atomic mass is 9.92. The molecule has 0 amide bonds. The molecule has 110 valence electrons. The van der Waals surface area contributed by atoms with Crippen LogP contribution in [0.25, 0.3) is 0 Å². The molecule has 0 heterocycles. The van der Waals surface area contributed by atoms with Gasteiger partial charge in [0.1, 0.15) is 11.6 Å². The molecule has 0 fully saturated rings. The summed E-state index contributed by atoms with van der Waals surface area (Å²) in [5.74, 6) is -1.20. The van der Waals surface area contributed by atoms with E-state index in [9.17, 15) is 14.3 Å². The largest absolute Gasteiger partial charge is 0.496 e. The molecule has 0 aliphatic carbocycles. The molecule has 0 radical (unpaired) electrons. The zero-order chi connectivity index (χ0) is 15.2. The third-order valence-electron chi connectivity index (χ3n) is 3.38. The maximum Gasteiger partial charge on any atom is 0.307 e. The first-order valence-electron chi connectivity index (χ1n) is 6.69. The highest BCUT2D eigenvalue weighted by molar-refractivity contribution is 5.71. The number of hydrogen-bond acceptors (Lipinski definition) is 2. The molecule has 0 bridgehead atoms. The number of carbonyl (C=O) groups is 1. The van der Waals surface area contributed by atoms with Crippen molar-refractivity contribution in [1.29, 1.82) is 0 Å². The maximum atomic E-state index is 13.2. The molecule has 0 aliphatic heterocycles. The molecule has 2 rings (SSSR count). The average Bonchev–Trinajstić information content (AvgIpc) is 2.47. The Kier molecular flexibility index (Phi) is 4.93. The van der Waals surface area contributed by atoms with E-state index in [4.69, 9.17) is 4.74 Å². The molecular formula is C17H17FO3. The van der Waals surface area contributed by atoms with Gasteiger partial charge in [-0.05, 0) is 42.2 Å². The van der Waals surface area contributed by atoms with Crippen LogP contribution in [0.3, 0.4) is 0 Å². The Balaban J connectivity index is 2.18. The number of halogens is 1. The summed E-state index contributed by atoms with van der Waals surface area (Å²) in [6, 6.07) is 13.4. The average molecular weight is 288 g/mol. The molecule has 0 spiro atoms. The lowest BCUT2D eigenvalue weighted by molar-refractivity contribution is -0.141. The molecule has 1 unspecified atom stereocenters. The lowest BCUT2D eigenvalue weighted by Crippen LogP contribution is -2.19. The molecule has 0 aliphatic rings. The van der Waals surface area contributed by atoms with Crippen molar-refractivity contribution in [2.24, 2.45) is 5.92 Å². The predicted octanol–water partition coefficient (Wildman–Crippen LogP) is 3.32. The number of methoxy groups -OCH3 is 1. The number of carboxylic acid groups (broad SMARTS) is 1. The Hall–Kier alpha value is -2.36. The van der Waals surface area contributed by atoms with E-state index < -0.39 is 11.9 Å². The predicted molar refractivity (Wildman–Crippen MR) is 77.9 cm³/mol. The number of aliphatic carboxylic acids is 1. The van der Waals surface area contributed by atoms with E-state index in [1.54, 1.807) is 25.3 Å². The van der Waals surface area contributed by atoms with Crippen LogP contribution in [-0.4, -0.2) is 18.2 Å². The lowest BCUT2D eigenvalue weighted by Gasteiger charge is -2.15. The van der Waals surface area contributed by atoms with Crippen molar-refractivity contribution in [3.05, 3.63) is 65.5 Å². The van der Waals surface area contributed by atoms with Gasteiger partial charge in [0.15, 0.2) is 0 Å². The van der Waals surface area contributed by atoms with Gasteiger partial charge in [-0.3, -0.25) is 4.79 Å². The van der Waals surface area contributed by atoms with Crippen molar-refractivity contribution in [2.75, 3.05) is 7.11 Å². The monoisotopic (exact) mass is 288 g/mol. The molecule has 1 N–H and O–H groups in total. The molecule has 0 saturated heterocycles. The van der Waals surface area contributed by atoms with Gasteiger partial charge in [-0.15, -0.1) is 0 Å². The van der Waals surface area contributed by atoms with Crippen molar-refractivity contribution in [3.8, 4) is 5.75 Å². The topological polar surface area (TPSA) is 46.5 Å². The molecule has 2 aromatic rings. The van der Waals surface area contributed by atoms with Crippen LogP contribution in [-0.2, 0) is 17.6 Å². The molecule has 2 aromatic carbocycles. The molecule has 21 heavy (non-hydrogen) atoms. The summed E-state index contributed by atoms with van der Waals surface area (Å²) in [5.41, 5.74) is 1.51. The van der Waals surface area contributed by atoms with Crippen molar-refractivity contribution < 1.29 is 19.0 Å². The number of carboxylic acids is 1. The van der Waals surface area contributed by atoms with Crippen molar-refractivity contribution in [1.82, 2.24) is 0 Å². The highest BCUT2D eigenvalue weighted by atomic mass is 19.1. The van der Waals surface area contributed by atoms with Crippen LogP contribution >= 0.6 is 0 Å². The van der Waals surface area contributed by atoms with Crippen LogP contribution in [0.4, 0.5) is 4.39 Å². The number of ether oxygens (including phenoxy) is 1. The molecule has 3 nitrogen and oxygen atoms in total. The van der Waals surface area contributed by atoms with E-state index >= 15 is 0 Å². The molecule has 0 aromatic heterocycles. The highest BCUT2D eigenvalue weighted by Gasteiger charge is 2.20. The fourth-order valence-electron chi connectivity index (χ4n) is 2.33. The fraction of sp³-hybridized carbons (Fsp3) is 0.235. The van der Waals surface area contributed by atoms with Gasteiger partial charge in [0.25, 0.3) is 0 Å². The minimum Gasteiger partial charge on any atom is -0.496 e. The number of rotatable bonds is 6. The third-order valence-corrected chi connectivity index (χ3v) is 3.38. The maximum absolute atomic E-state index is 13.2. The van der Waals surface area contributed by atoms with Gasteiger partial charge < -0.3 is 9.84 Å². The smallest absolute Gasteiger partial charge is 0.307 e. The Morgan fingerprint density at radius 2 is 1.95 bits per heavy atom. The number of para-hydroxylation sites is 1. The van der Waals surface area contributed by atoms with E-state index in [0.717, 1.165) is 5.56 Å². The van der Waals surface area contributed by atoms with Crippen LogP contribution in [0.1, 0.15) is 11.1 Å². The van der Waals surface area contributed by atoms with Crippen LogP contribution < -0.4 is 4.74 Å². The van der Waals surface area contributed by atoms with Gasteiger partial charge in [0.05, 0.1) is 13.0 Å². The van der Waals surface area contributed by atoms with Gasteiger partial charge in [-0.25, -0.2) is 4.39 Å². The van der Waals surface area contributed by atoms with Crippen molar-refractivity contribution >= 4 is 5.97 Å². The van der Waals surface area contributed by atoms with E-state index in [0.29, 0.717) is 17.7 Å². The van der Waals surface area contributed by atoms with Crippen LogP contribution in [0, 0.1) is 11.7 Å². The molecular weight excluding hydrogens is 271 g/mol. The van der Waals surface area contributed by atoms with Crippen molar-refractivity contribution in [2.45, 2.75) is 12.8 Å². The highest BCUT2D eigenvalue weighted by Crippen LogP contribution is 2.23. The minimum atomic E-state index is -0.898. The van der Waals surface area contributed by atoms with Crippen LogP contribution in [0.2, 0.25) is 0 Å². The second-order valence-electron chi connectivity index (χ2n) is 4.89. The SMILES string of the molecule is COc1ccccc1CC(Cc1cccc(F)c1)C(=O)O. The molecule has 4 heteroatoms. The Morgan fingerprint density at radius 1 is 1.19 bits per heavy atom. The van der Waals surface area contributed by atoms with Crippen LogP contribution in [0.5, 0.6) is 5.75 Å². The molecule has 0 saturated carbocycles. The van der Waals surface area contributed by atoms with Gasteiger partial charge in [-0.1, -0.05) is 30.3 Å². The summed E-state index contributed by atoms with van der Waals surface area (Å²) in [6.07, 6.45) is 0.626. The van der Waals surface area contributed by atoms with Gasteiger partial charge in [-0.2, -0.15) is 0 Å². The zero-order valence-corrected chi connectivity index (χ0v) is 11.8. The number of hydrogen-bond donors (Lipinski definition) is 1. The quantitative estimate of drug-likeness (QED) is 0.887. The van der Waals surface area contributed by atoms with E-state index in [-0.39, 0.29) is 12.2 Å². The standard InChI is InChI=1S/C17H17FO3/c1-21-16-8-3-2-6-13(16)11-14(17(19)20)9-12-5-4-7-15(18)10-12/h2-8,10,14H,9,11H2,1H3,(H,19,20). The summed E-state index contributed by atoms with van der Waals surface area (Å²) >= 11 is 0. The normalized spacial score (nSPS) is 11.9. The van der Waals surface area contributed by atoms with Crippen molar-refractivity contribution in [3.63, 3.8) is 0 Å². The number of benzene rings is 2. The Morgan fingerprint density at radius 3 is 2.62 bits per heavy atom. The van der Waals surface area contributed by atoms with Crippen LogP contribution in [0.15, 0.2) is 48.5 Å². The minimum absolute atomic E-state index is 0.283. The first-order chi connectivity index (χ1) is 10.1. The van der Waals surface area contributed by atoms with E-state index in [1.165, 1.54) is 12.1 Å². The summed E-state index contributed by atoms with van der Waals surface area (Å²) < 4.78 is 18.4. The summed E-state index contributed by atoms with van der Waals surface area (Å²) in [4.78, 5) is 11.5. The Labute approximate surface area is 123 Å². The third kappa shape index (κ3) is 4.05. The van der Waals surface area contributed by atoms with Gasteiger partial charge in [0, 0.05) is 0 Å². The first-order valence-corrected chi connectivity index (χ1v) is 6.69. The van der Waals surface area contributed by atoms with E-state index in [1.807, 2.05) is 18.2 Å². The zero-order valence-electron chi connectivity index (χ0n) is 11.8. The van der Waals surface area contributed by atoms with E-state index in [2.05, 4.69) is 0 Å². The fourth-order valence-corrected chi connectivity index (χ4v) is 2.33. The van der Waals surface area contributed by atoms with Gasteiger partial charge >= 0.3 is 5.97 Å². The summed E-state index contributed by atoms with van der Waals surface area (Å²) in [6.45, 7) is 0.